The largest absolute Gasteiger partial charge is 0.444 e. The van der Waals surface area contributed by atoms with Gasteiger partial charge in [0.1, 0.15) is 5.60 Å². The van der Waals surface area contributed by atoms with E-state index in [1.807, 2.05) is 0 Å². The van der Waals surface area contributed by atoms with E-state index in [1.165, 1.54) is 13.1 Å². The Bertz CT molecular complexity index is 765. The molecule has 0 bridgehead atoms. The fourth-order valence-electron chi connectivity index (χ4n) is 1.99. The lowest BCUT2D eigenvalue weighted by molar-refractivity contribution is 0.0635. The molecule has 6 heteroatoms. The molecular formula is C18H19ClN2O3. The number of pyridine rings is 1. The molecule has 0 unspecified atom stereocenters. The van der Waals surface area contributed by atoms with Crippen molar-refractivity contribution in [3.8, 4) is 11.3 Å². The summed E-state index contributed by atoms with van der Waals surface area (Å²) in [6.07, 6.45) is 0.953. The maximum absolute atomic E-state index is 11.7. The van der Waals surface area contributed by atoms with Crippen LogP contribution in [0.25, 0.3) is 11.3 Å². The third-order valence-electron chi connectivity index (χ3n) is 3.06. The van der Waals surface area contributed by atoms with Gasteiger partial charge in [-0.15, -0.1) is 0 Å². The minimum atomic E-state index is -0.552. The van der Waals surface area contributed by atoms with E-state index >= 15 is 0 Å². The molecule has 1 aromatic heterocycles. The van der Waals surface area contributed by atoms with Crippen molar-refractivity contribution in [3.05, 3.63) is 47.1 Å². The van der Waals surface area contributed by atoms with Crippen LogP contribution in [0.1, 0.15) is 38.1 Å². The number of ketones is 1. The van der Waals surface area contributed by atoms with Crippen LogP contribution in [0.4, 0.5) is 10.5 Å². The van der Waals surface area contributed by atoms with Gasteiger partial charge in [-0.05, 0) is 45.9 Å². The van der Waals surface area contributed by atoms with Crippen LogP contribution >= 0.6 is 11.6 Å². The number of ether oxygens (including phenoxy) is 1. The molecule has 0 aliphatic carbocycles. The van der Waals surface area contributed by atoms with E-state index in [0.29, 0.717) is 22.0 Å². The molecule has 0 spiro atoms. The highest BCUT2D eigenvalue weighted by molar-refractivity contribution is 6.34. The van der Waals surface area contributed by atoms with Crippen LogP contribution in [0.15, 0.2) is 36.5 Å². The van der Waals surface area contributed by atoms with Gasteiger partial charge in [-0.1, -0.05) is 23.7 Å². The Morgan fingerprint density at radius 2 is 1.79 bits per heavy atom. The van der Waals surface area contributed by atoms with E-state index in [2.05, 4.69) is 10.3 Å². The number of halogens is 1. The van der Waals surface area contributed by atoms with Crippen LogP contribution in [0, 0.1) is 0 Å². The third kappa shape index (κ3) is 4.80. The lowest BCUT2D eigenvalue weighted by atomic mass is 10.1. The third-order valence-corrected chi connectivity index (χ3v) is 3.37. The monoisotopic (exact) mass is 346 g/mol. The van der Waals surface area contributed by atoms with Gasteiger partial charge in [0.05, 0.1) is 16.3 Å². The van der Waals surface area contributed by atoms with Crippen LogP contribution in [0.2, 0.25) is 5.02 Å². The summed E-state index contributed by atoms with van der Waals surface area (Å²) in [4.78, 5) is 27.4. The molecule has 0 atom stereocenters. The SMILES string of the molecule is CC(=O)c1cnc(-c2ccc(NC(=O)OC(C)(C)C)cc2)cc1Cl. The number of hydrogen-bond acceptors (Lipinski definition) is 4. The molecule has 5 nitrogen and oxygen atoms in total. The second kappa shape index (κ2) is 7.01. The average molecular weight is 347 g/mol. The van der Waals surface area contributed by atoms with Gasteiger partial charge in [-0.25, -0.2) is 4.79 Å². The van der Waals surface area contributed by atoms with Gasteiger partial charge in [-0.2, -0.15) is 0 Å². The standard InChI is InChI=1S/C18H19ClN2O3/c1-11(22)14-10-20-16(9-15(14)19)12-5-7-13(8-6-12)21-17(23)24-18(2,3)4/h5-10H,1-4H3,(H,21,23). The number of hydrogen-bond donors (Lipinski definition) is 1. The quantitative estimate of drug-likeness (QED) is 0.798. The summed E-state index contributed by atoms with van der Waals surface area (Å²) in [5.41, 5.74) is 1.92. The smallest absolute Gasteiger partial charge is 0.412 e. The first-order valence-electron chi connectivity index (χ1n) is 7.42. The zero-order valence-electron chi connectivity index (χ0n) is 14.0. The van der Waals surface area contributed by atoms with Gasteiger partial charge >= 0.3 is 6.09 Å². The number of aromatic nitrogens is 1. The number of benzene rings is 1. The van der Waals surface area contributed by atoms with E-state index in [1.54, 1.807) is 51.1 Å². The molecule has 0 saturated heterocycles. The fraction of sp³-hybridized carbons (Fsp3) is 0.278. The molecule has 126 valence electrons. The molecule has 0 fully saturated rings. The highest BCUT2D eigenvalue weighted by Crippen LogP contribution is 2.25. The van der Waals surface area contributed by atoms with Crippen molar-refractivity contribution in [3.63, 3.8) is 0 Å². The molecular weight excluding hydrogens is 328 g/mol. The fourth-order valence-corrected chi connectivity index (χ4v) is 2.28. The van der Waals surface area contributed by atoms with Crippen LogP contribution in [0.5, 0.6) is 0 Å². The number of amides is 1. The number of nitrogens with one attached hydrogen (secondary N) is 1. The molecule has 1 heterocycles. The summed E-state index contributed by atoms with van der Waals surface area (Å²) in [5.74, 6) is -0.129. The second-order valence-corrected chi connectivity index (χ2v) is 6.72. The zero-order valence-corrected chi connectivity index (χ0v) is 14.8. The number of Topliss-reactive ketones (excluding diaryl/α,β-unsaturated/α-hetero) is 1. The Morgan fingerprint density at radius 1 is 1.17 bits per heavy atom. The first-order valence-corrected chi connectivity index (χ1v) is 7.80. The maximum atomic E-state index is 11.7. The minimum Gasteiger partial charge on any atom is -0.444 e. The summed E-state index contributed by atoms with van der Waals surface area (Å²) in [5, 5.41) is 3.02. The van der Waals surface area contributed by atoms with Gasteiger partial charge < -0.3 is 4.74 Å². The molecule has 0 aliphatic heterocycles. The molecule has 2 aromatic rings. The van der Waals surface area contributed by atoms with Crippen molar-refractivity contribution in [1.82, 2.24) is 4.98 Å². The van der Waals surface area contributed by atoms with E-state index in [9.17, 15) is 9.59 Å². The molecule has 1 amide bonds. The van der Waals surface area contributed by atoms with Gasteiger partial charge in [0.25, 0.3) is 0 Å². The van der Waals surface area contributed by atoms with Gasteiger partial charge in [-0.3, -0.25) is 15.1 Å². The highest BCUT2D eigenvalue weighted by atomic mass is 35.5. The lowest BCUT2D eigenvalue weighted by Gasteiger charge is -2.19. The Hall–Kier alpha value is -2.40. The average Bonchev–Trinajstić information content (AvgIpc) is 2.45. The molecule has 0 radical (unpaired) electrons. The lowest BCUT2D eigenvalue weighted by Crippen LogP contribution is -2.27. The van der Waals surface area contributed by atoms with E-state index in [0.717, 1.165) is 5.56 Å². The van der Waals surface area contributed by atoms with Crippen molar-refractivity contribution in [2.45, 2.75) is 33.3 Å². The first kappa shape index (κ1) is 17.9. The van der Waals surface area contributed by atoms with Crippen molar-refractivity contribution < 1.29 is 14.3 Å². The number of carbonyl (C=O) groups excluding carboxylic acids is 2. The van der Waals surface area contributed by atoms with Crippen molar-refractivity contribution in [2.24, 2.45) is 0 Å². The van der Waals surface area contributed by atoms with E-state index in [-0.39, 0.29) is 5.78 Å². The summed E-state index contributed by atoms with van der Waals surface area (Å²) in [7, 11) is 0. The topological polar surface area (TPSA) is 68.3 Å². The van der Waals surface area contributed by atoms with E-state index in [4.69, 9.17) is 16.3 Å². The number of anilines is 1. The zero-order chi connectivity index (χ0) is 17.9. The minimum absolute atomic E-state index is 0.129. The Labute approximate surface area is 146 Å². The summed E-state index contributed by atoms with van der Waals surface area (Å²) in [6, 6.07) is 8.74. The second-order valence-electron chi connectivity index (χ2n) is 6.31. The van der Waals surface area contributed by atoms with Crippen molar-refractivity contribution in [2.75, 3.05) is 5.32 Å². The Balaban J connectivity index is 2.13. The summed E-state index contributed by atoms with van der Waals surface area (Å²) in [6.45, 7) is 6.85. The van der Waals surface area contributed by atoms with E-state index < -0.39 is 11.7 Å². The molecule has 2 rings (SSSR count). The van der Waals surface area contributed by atoms with Crippen LogP contribution < -0.4 is 5.32 Å². The number of carbonyl (C=O) groups is 2. The Kier molecular flexibility index (Phi) is 5.24. The molecule has 1 N–H and O–H groups in total. The Morgan fingerprint density at radius 3 is 2.29 bits per heavy atom. The van der Waals surface area contributed by atoms with Gasteiger partial charge in [0, 0.05) is 17.4 Å². The molecule has 1 aromatic carbocycles. The number of rotatable bonds is 3. The van der Waals surface area contributed by atoms with Gasteiger partial charge in [0.15, 0.2) is 5.78 Å². The molecule has 0 aliphatic rings. The van der Waals surface area contributed by atoms with Crippen molar-refractivity contribution >= 4 is 29.2 Å². The number of nitrogens with zero attached hydrogens (tertiary/aromatic N) is 1. The van der Waals surface area contributed by atoms with Crippen LogP contribution in [0.3, 0.4) is 0 Å². The molecule has 24 heavy (non-hydrogen) atoms. The predicted molar refractivity (Wildman–Crippen MR) is 94.5 cm³/mol. The predicted octanol–water partition coefficient (Wildman–Crippen LogP) is 4.95. The van der Waals surface area contributed by atoms with Crippen LogP contribution in [-0.2, 0) is 4.74 Å². The van der Waals surface area contributed by atoms with Gasteiger partial charge in [0.2, 0.25) is 0 Å². The van der Waals surface area contributed by atoms with Crippen molar-refractivity contribution in [1.29, 1.82) is 0 Å². The summed E-state index contributed by atoms with van der Waals surface area (Å²) >= 11 is 6.10. The normalized spacial score (nSPS) is 11.0. The summed E-state index contributed by atoms with van der Waals surface area (Å²) < 4.78 is 5.20. The maximum Gasteiger partial charge on any atom is 0.412 e. The molecule has 0 saturated carbocycles. The highest BCUT2D eigenvalue weighted by Gasteiger charge is 2.16. The van der Waals surface area contributed by atoms with Crippen LogP contribution in [-0.4, -0.2) is 22.5 Å². The first-order chi connectivity index (χ1) is 11.2.